The Hall–Kier alpha value is -1.06. The highest BCUT2D eigenvalue weighted by atomic mass is 35.5. The minimum absolute atomic E-state index is 0.366. The van der Waals surface area contributed by atoms with E-state index in [9.17, 15) is 0 Å². The van der Waals surface area contributed by atoms with E-state index in [1.165, 1.54) is 6.42 Å². The number of hydrogen-bond acceptors (Lipinski definition) is 2. The Morgan fingerprint density at radius 2 is 2.28 bits per heavy atom. The van der Waals surface area contributed by atoms with E-state index >= 15 is 0 Å². The van der Waals surface area contributed by atoms with Gasteiger partial charge in [-0.15, -0.1) is 0 Å². The maximum absolute atomic E-state index is 6.02. The Morgan fingerprint density at radius 1 is 1.44 bits per heavy atom. The van der Waals surface area contributed by atoms with Gasteiger partial charge in [0.2, 0.25) is 0 Å². The summed E-state index contributed by atoms with van der Waals surface area (Å²) >= 11 is 6.02. The van der Waals surface area contributed by atoms with Gasteiger partial charge >= 0.3 is 0 Å². The Balaban J connectivity index is 2.03. The fourth-order valence-electron chi connectivity index (χ4n) is 2.81. The SMILES string of the molecule is CC1CCNC(c2nc3cc(Cl)ccc3n2C)C1. The average Bonchev–Trinajstić information content (AvgIpc) is 2.66. The smallest absolute Gasteiger partial charge is 0.126 e. The molecular weight excluding hydrogens is 246 g/mol. The third-order valence-electron chi connectivity index (χ3n) is 3.86. The first-order valence-electron chi connectivity index (χ1n) is 6.50. The van der Waals surface area contributed by atoms with Crippen molar-refractivity contribution in [1.29, 1.82) is 0 Å². The molecule has 4 heteroatoms. The van der Waals surface area contributed by atoms with Gasteiger partial charge in [0, 0.05) is 12.1 Å². The lowest BCUT2D eigenvalue weighted by atomic mass is 9.94. The lowest BCUT2D eigenvalue weighted by Gasteiger charge is -2.27. The molecule has 2 atom stereocenters. The molecule has 2 unspecified atom stereocenters. The first-order chi connectivity index (χ1) is 8.65. The number of halogens is 1. The molecule has 18 heavy (non-hydrogen) atoms. The first-order valence-corrected chi connectivity index (χ1v) is 6.88. The number of aryl methyl sites for hydroxylation is 1. The number of benzene rings is 1. The van der Waals surface area contributed by atoms with Crippen molar-refractivity contribution in [3.05, 3.63) is 29.0 Å². The number of imidazole rings is 1. The molecule has 1 aromatic heterocycles. The molecule has 96 valence electrons. The van der Waals surface area contributed by atoms with Crippen molar-refractivity contribution < 1.29 is 0 Å². The summed E-state index contributed by atoms with van der Waals surface area (Å²) in [4.78, 5) is 4.75. The lowest BCUT2D eigenvalue weighted by Crippen LogP contribution is -2.32. The minimum atomic E-state index is 0.366. The number of hydrogen-bond donors (Lipinski definition) is 1. The fourth-order valence-corrected chi connectivity index (χ4v) is 2.97. The maximum atomic E-state index is 6.02. The molecule has 1 aromatic carbocycles. The molecule has 2 heterocycles. The quantitative estimate of drug-likeness (QED) is 0.856. The summed E-state index contributed by atoms with van der Waals surface area (Å²) in [6.45, 7) is 3.39. The number of nitrogens with zero attached hydrogens (tertiary/aromatic N) is 2. The Labute approximate surface area is 112 Å². The summed E-state index contributed by atoms with van der Waals surface area (Å²) in [5.74, 6) is 1.89. The van der Waals surface area contributed by atoms with Crippen LogP contribution in [0.15, 0.2) is 18.2 Å². The molecule has 0 saturated carbocycles. The van der Waals surface area contributed by atoms with Crippen molar-refractivity contribution in [2.75, 3.05) is 6.54 Å². The second kappa shape index (κ2) is 4.56. The van der Waals surface area contributed by atoms with Crippen molar-refractivity contribution in [1.82, 2.24) is 14.9 Å². The van der Waals surface area contributed by atoms with Gasteiger partial charge in [0.25, 0.3) is 0 Å². The van der Waals surface area contributed by atoms with Crippen molar-refractivity contribution >= 4 is 22.6 Å². The highest BCUT2D eigenvalue weighted by Gasteiger charge is 2.24. The van der Waals surface area contributed by atoms with E-state index in [1.54, 1.807) is 0 Å². The largest absolute Gasteiger partial charge is 0.330 e. The van der Waals surface area contributed by atoms with Crippen LogP contribution in [0.2, 0.25) is 5.02 Å². The summed E-state index contributed by atoms with van der Waals surface area (Å²) < 4.78 is 2.18. The zero-order chi connectivity index (χ0) is 12.7. The van der Waals surface area contributed by atoms with Crippen molar-refractivity contribution in [3.63, 3.8) is 0 Å². The van der Waals surface area contributed by atoms with Crippen LogP contribution in [-0.4, -0.2) is 16.1 Å². The van der Waals surface area contributed by atoms with Crippen LogP contribution in [0.3, 0.4) is 0 Å². The van der Waals surface area contributed by atoms with E-state index in [2.05, 4.69) is 23.9 Å². The van der Waals surface area contributed by atoms with Crippen molar-refractivity contribution in [3.8, 4) is 0 Å². The highest BCUT2D eigenvalue weighted by molar-refractivity contribution is 6.31. The predicted octanol–water partition coefficient (Wildman–Crippen LogP) is 3.29. The van der Waals surface area contributed by atoms with Crippen LogP contribution in [0.4, 0.5) is 0 Å². The normalized spacial score (nSPS) is 24.6. The minimum Gasteiger partial charge on any atom is -0.330 e. The van der Waals surface area contributed by atoms with E-state index < -0.39 is 0 Å². The second-order valence-electron chi connectivity index (χ2n) is 5.30. The van der Waals surface area contributed by atoms with Gasteiger partial charge in [0.1, 0.15) is 5.82 Å². The third-order valence-corrected chi connectivity index (χ3v) is 4.09. The monoisotopic (exact) mass is 263 g/mol. The van der Waals surface area contributed by atoms with E-state index in [4.69, 9.17) is 16.6 Å². The molecule has 0 spiro atoms. The van der Waals surface area contributed by atoms with E-state index in [-0.39, 0.29) is 0 Å². The third kappa shape index (κ3) is 2.02. The zero-order valence-corrected chi connectivity index (χ0v) is 11.5. The molecular formula is C14H18ClN3. The van der Waals surface area contributed by atoms with Crippen LogP contribution < -0.4 is 5.32 Å². The van der Waals surface area contributed by atoms with Gasteiger partial charge in [-0.2, -0.15) is 0 Å². The maximum Gasteiger partial charge on any atom is 0.126 e. The summed E-state index contributed by atoms with van der Waals surface area (Å²) in [5.41, 5.74) is 2.13. The Morgan fingerprint density at radius 3 is 3.06 bits per heavy atom. The van der Waals surface area contributed by atoms with Gasteiger partial charge in [-0.1, -0.05) is 18.5 Å². The molecule has 1 aliphatic rings. The van der Waals surface area contributed by atoms with Gasteiger partial charge in [-0.25, -0.2) is 4.98 Å². The number of nitrogens with one attached hydrogen (secondary N) is 1. The van der Waals surface area contributed by atoms with Gasteiger partial charge in [-0.05, 0) is 43.5 Å². The Bertz CT molecular complexity index is 576. The van der Waals surface area contributed by atoms with Crippen molar-refractivity contribution in [2.24, 2.45) is 13.0 Å². The molecule has 2 aromatic rings. The molecule has 1 saturated heterocycles. The molecule has 1 N–H and O–H groups in total. The standard InChI is InChI=1S/C14H18ClN3/c1-9-5-6-16-12(7-9)14-17-11-8-10(15)3-4-13(11)18(14)2/h3-4,8-9,12,16H,5-7H2,1-2H3. The second-order valence-corrected chi connectivity index (χ2v) is 5.73. The van der Waals surface area contributed by atoms with E-state index in [1.807, 2.05) is 18.2 Å². The summed E-state index contributed by atoms with van der Waals surface area (Å²) in [7, 11) is 2.08. The van der Waals surface area contributed by atoms with Crippen LogP contribution in [-0.2, 0) is 7.05 Å². The van der Waals surface area contributed by atoms with E-state index in [0.29, 0.717) is 6.04 Å². The summed E-state index contributed by atoms with van der Waals surface area (Å²) in [6.07, 6.45) is 2.41. The van der Waals surface area contributed by atoms with Gasteiger partial charge in [0.05, 0.1) is 17.1 Å². The summed E-state index contributed by atoms with van der Waals surface area (Å²) in [6, 6.07) is 6.27. The van der Waals surface area contributed by atoms with Crippen LogP contribution in [0.25, 0.3) is 11.0 Å². The molecule has 0 aliphatic carbocycles. The van der Waals surface area contributed by atoms with Gasteiger partial charge in [-0.3, -0.25) is 0 Å². The average molecular weight is 264 g/mol. The summed E-state index contributed by atoms with van der Waals surface area (Å²) in [5, 5.41) is 4.31. The molecule has 3 rings (SSSR count). The first kappa shape index (κ1) is 12.0. The fraction of sp³-hybridized carbons (Fsp3) is 0.500. The van der Waals surface area contributed by atoms with Crippen LogP contribution in [0, 0.1) is 5.92 Å². The van der Waals surface area contributed by atoms with Crippen LogP contribution in [0.5, 0.6) is 0 Å². The molecule has 1 fully saturated rings. The van der Waals surface area contributed by atoms with Gasteiger partial charge in [0.15, 0.2) is 0 Å². The van der Waals surface area contributed by atoms with E-state index in [0.717, 1.165) is 40.8 Å². The van der Waals surface area contributed by atoms with Gasteiger partial charge < -0.3 is 9.88 Å². The molecule has 0 bridgehead atoms. The molecule has 0 amide bonds. The predicted molar refractivity (Wildman–Crippen MR) is 74.9 cm³/mol. The Kier molecular flexibility index (Phi) is 3.04. The molecule has 1 aliphatic heterocycles. The number of rotatable bonds is 1. The molecule has 0 radical (unpaired) electrons. The van der Waals surface area contributed by atoms with Crippen molar-refractivity contribution in [2.45, 2.75) is 25.8 Å². The number of aromatic nitrogens is 2. The van der Waals surface area contributed by atoms with Crippen LogP contribution >= 0.6 is 11.6 Å². The number of piperidine rings is 1. The topological polar surface area (TPSA) is 29.9 Å². The number of fused-ring (bicyclic) bond motifs is 1. The lowest BCUT2D eigenvalue weighted by molar-refractivity contribution is 0.312. The zero-order valence-electron chi connectivity index (χ0n) is 10.8. The highest BCUT2D eigenvalue weighted by Crippen LogP contribution is 2.29. The van der Waals surface area contributed by atoms with Crippen LogP contribution in [0.1, 0.15) is 31.6 Å². The molecule has 3 nitrogen and oxygen atoms in total.